The fraction of sp³-hybridized carbons (Fsp3) is 0.846. The van der Waals surface area contributed by atoms with Crippen LogP contribution in [-0.2, 0) is 9.59 Å². The highest BCUT2D eigenvalue weighted by atomic mass is 16.4. The van der Waals surface area contributed by atoms with Gasteiger partial charge in [0.1, 0.15) is 0 Å². The number of rotatable bonds is 9. The van der Waals surface area contributed by atoms with Crippen molar-refractivity contribution in [1.29, 1.82) is 0 Å². The van der Waals surface area contributed by atoms with E-state index in [0.29, 0.717) is 19.0 Å². The largest absolute Gasteiger partial charge is 0.481 e. The molecule has 0 aliphatic rings. The van der Waals surface area contributed by atoms with E-state index in [1.165, 1.54) is 0 Å². The average molecular weight is 258 g/mol. The number of carboxylic acids is 1. The van der Waals surface area contributed by atoms with Crippen LogP contribution in [0.25, 0.3) is 0 Å². The van der Waals surface area contributed by atoms with Gasteiger partial charge in [0.15, 0.2) is 0 Å². The fourth-order valence-electron chi connectivity index (χ4n) is 1.50. The predicted octanol–water partition coefficient (Wildman–Crippen LogP) is 1.33. The van der Waals surface area contributed by atoms with E-state index in [2.05, 4.69) is 19.2 Å². The minimum atomic E-state index is -0.833. The van der Waals surface area contributed by atoms with Crippen molar-refractivity contribution in [2.24, 2.45) is 5.92 Å². The minimum Gasteiger partial charge on any atom is -0.481 e. The first kappa shape index (κ1) is 16.9. The van der Waals surface area contributed by atoms with Crippen LogP contribution >= 0.6 is 0 Å². The van der Waals surface area contributed by atoms with E-state index in [4.69, 9.17) is 5.11 Å². The Kier molecular flexibility index (Phi) is 8.37. The van der Waals surface area contributed by atoms with Crippen LogP contribution in [0.2, 0.25) is 0 Å². The molecule has 0 aliphatic carbocycles. The Balaban J connectivity index is 4.00. The molecule has 0 aliphatic heterocycles. The third-order valence-corrected chi connectivity index (χ3v) is 2.73. The zero-order chi connectivity index (χ0) is 14.1. The number of carboxylic acid groups (broad SMARTS) is 1. The first-order valence-electron chi connectivity index (χ1n) is 6.55. The molecule has 1 amide bonds. The standard InChI is InChI=1S/C13H26N2O3/c1-10(2)5-7-14-12(16)9-15(11(3)4)8-6-13(17)18/h10-11H,5-9H2,1-4H3,(H,14,16)(H,17,18). The summed E-state index contributed by atoms with van der Waals surface area (Å²) in [5.74, 6) is -0.297. The number of carbonyl (C=O) groups is 2. The molecular formula is C13H26N2O3. The van der Waals surface area contributed by atoms with Gasteiger partial charge in [-0.1, -0.05) is 13.8 Å². The van der Waals surface area contributed by atoms with Crippen LogP contribution < -0.4 is 5.32 Å². The Bertz CT molecular complexity index is 265. The third kappa shape index (κ3) is 8.98. The summed E-state index contributed by atoms with van der Waals surface area (Å²) in [6, 6.07) is 0.167. The molecule has 5 heteroatoms. The molecule has 0 spiro atoms. The van der Waals surface area contributed by atoms with E-state index in [1.54, 1.807) is 0 Å². The fourth-order valence-corrected chi connectivity index (χ4v) is 1.50. The number of carbonyl (C=O) groups excluding carboxylic acids is 1. The Labute approximate surface area is 110 Å². The molecule has 0 aromatic carbocycles. The SMILES string of the molecule is CC(C)CCNC(=O)CN(CCC(=O)O)C(C)C. The van der Waals surface area contributed by atoms with Crippen LogP contribution in [0.3, 0.4) is 0 Å². The molecule has 0 saturated carbocycles. The zero-order valence-corrected chi connectivity index (χ0v) is 11.9. The topological polar surface area (TPSA) is 69.6 Å². The molecule has 0 aromatic heterocycles. The van der Waals surface area contributed by atoms with Crippen molar-refractivity contribution >= 4 is 11.9 Å². The monoisotopic (exact) mass is 258 g/mol. The van der Waals surface area contributed by atoms with E-state index < -0.39 is 5.97 Å². The molecule has 0 saturated heterocycles. The highest BCUT2D eigenvalue weighted by Crippen LogP contribution is 2.00. The maximum Gasteiger partial charge on any atom is 0.304 e. The number of nitrogens with zero attached hydrogens (tertiary/aromatic N) is 1. The second-order valence-corrected chi connectivity index (χ2v) is 5.24. The zero-order valence-electron chi connectivity index (χ0n) is 11.9. The van der Waals surface area contributed by atoms with Crippen LogP contribution in [0.1, 0.15) is 40.5 Å². The van der Waals surface area contributed by atoms with Crippen molar-refractivity contribution in [3.63, 3.8) is 0 Å². The second-order valence-electron chi connectivity index (χ2n) is 5.24. The Morgan fingerprint density at radius 1 is 1.22 bits per heavy atom. The summed E-state index contributed by atoms with van der Waals surface area (Å²) in [5, 5.41) is 11.5. The van der Waals surface area contributed by atoms with Crippen LogP contribution in [0.4, 0.5) is 0 Å². The number of amides is 1. The lowest BCUT2D eigenvalue weighted by atomic mass is 10.1. The van der Waals surface area contributed by atoms with Gasteiger partial charge in [-0.25, -0.2) is 0 Å². The normalized spacial score (nSPS) is 11.3. The van der Waals surface area contributed by atoms with Gasteiger partial charge < -0.3 is 10.4 Å². The summed E-state index contributed by atoms with van der Waals surface area (Å²) in [5.41, 5.74) is 0. The molecule has 0 heterocycles. The number of nitrogens with one attached hydrogen (secondary N) is 1. The molecule has 18 heavy (non-hydrogen) atoms. The smallest absolute Gasteiger partial charge is 0.304 e. The summed E-state index contributed by atoms with van der Waals surface area (Å²) in [7, 11) is 0. The Morgan fingerprint density at radius 3 is 2.28 bits per heavy atom. The summed E-state index contributed by atoms with van der Waals surface area (Å²) in [4.78, 5) is 24.1. The van der Waals surface area contributed by atoms with Gasteiger partial charge in [0.2, 0.25) is 5.91 Å². The number of aliphatic carboxylic acids is 1. The van der Waals surface area contributed by atoms with Crippen LogP contribution in [0.15, 0.2) is 0 Å². The van der Waals surface area contributed by atoms with Crippen molar-refractivity contribution in [3.8, 4) is 0 Å². The minimum absolute atomic E-state index is 0.0326. The maximum atomic E-state index is 11.7. The van der Waals surface area contributed by atoms with Crippen LogP contribution in [0.5, 0.6) is 0 Å². The molecule has 2 N–H and O–H groups in total. The van der Waals surface area contributed by atoms with Crippen molar-refractivity contribution in [1.82, 2.24) is 10.2 Å². The van der Waals surface area contributed by atoms with Crippen molar-refractivity contribution in [3.05, 3.63) is 0 Å². The summed E-state index contributed by atoms with van der Waals surface area (Å²) in [6.07, 6.45) is 1.03. The van der Waals surface area contributed by atoms with Gasteiger partial charge >= 0.3 is 5.97 Å². The summed E-state index contributed by atoms with van der Waals surface area (Å²) < 4.78 is 0. The van der Waals surface area contributed by atoms with Crippen molar-refractivity contribution in [2.45, 2.75) is 46.6 Å². The lowest BCUT2D eigenvalue weighted by molar-refractivity contribution is -0.138. The molecule has 0 fully saturated rings. The Morgan fingerprint density at radius 2 is 1.83 bits per heavy atom. The Hall–Kier alpha value is -1.10. The molecule has 0 rings (SSSR count). The first-order chi connectivity index (χ1) is 8.32. The molecule has 0 aromatic rings. The van der Waals surface area contributed by atoms with E-state index in [1.807, 2.05) is 18.7 Å². The lowest BCUT2D eigenvalue weighted by Gasteiger charge is -2.25. The summed E-state index contributed by atoms with van der Waals surface area (Å²) in [6.45, 7) is 9.50. The van der Waals surface area contributed by atoms with Gasteiger partial charge in [0, 0.05) is 19.1 Å². The van der Waals surface area contributed by atoms with E-state index >= 15 is 0 Å². The van der Waals surface area contributed by atoms with Gasteiger partial charge in [-0.3, -0.25) is 14.5 Å². The molecule has 106 valence electrons. The van der Waals surface area contributed by atoms with Crippen molar-refractivity contribution < 1.29 is 14.7 Å². The highest BCUT2D eigenvalue weighted by molar-refractivity contribution is 5.78. The highest BCUT2D eigenvalue weighted by Gasteiger charge is 2.14. The van der Waals surface area contributed by atoms with Gasteiger partial charge in [0.05, 0.1) is 13.0 Å². The van der Waals surface area contributed by atoms with E-state index in [0.717, 1.165) is 6.42 Å². The maximum absolute atomic E-state index is 11.7. The molecule has 5 nitrogen and oxygen atoms in total. The predicted molar refractivity (Wildman–Crippen MR) is 71.4 cm³/mol. The van der Waals surface area contributed by atoms with E-state index in [9.17, 15) is 9.59 Å². The number of hydrogen-bond donors (Lipinski definition) is 2. The lowest BCUT2D eigenvalue weighted by Crippen LogP contribution is -2.42. The molecule has 0 unspecified atom stereocenters. The quantitative estimate of drug-likeness (QED) is 0.654. The third-order valence-electron chi connectivity index (χ3n) is 2.73. The van der Waals surface area contributed by atoms with Crippen LogP contribution in [-0.4, -0.2) is 47.6 Å². The van der Waals surface area contributed by atoms with Crippen molar-refractivity contribution in [2.75, 3.05) is 19.6 Å². The molecule has 0 atom stereocenters. The molecular weight excluding hydrogens is 232 g/mol. The second kappa shape index (κ2) is 8.91. The molecule has 0 bridgehead atoms. The number of hydrogen-bond acceptors (Lipinski definition) is 3. The molecule has 0 radical (unpaired) electrons. The van der Waals surface area contributed by atoms with Gasteiger partial charge in [0.25, 0.3) is 0 Å². The van der Waals surface area contributed by atoms with Crippen LogP contribution in [0, 0.1) is 5.92 Å². The van der Waals surface area contributed by atoms with E-state index in [-0.39, 0.29) is 24.9 Å². The first-order valence-corrected chi connectivity index (χ1v) is 6.55. The van der Waals surface area contributed by atoms with Gasteiger partial charge in [-0.2, -0.15) is 0 Å². The average Bonchev–Trinajstić information content (AvgIpc) is 2.22. The van der Waals surface area contributed by atoms with Gasteiger partial charge in [-0.15, -0.1) is 0 Å². The summed E-state index contributed by atoms with van der Waals surface area (Å²) >= 11 is 0. The van der Waals surface area contributed by atoms with Gasteiger partial charge in [-0.05, 0) is 26.2 Å².